The molecule has 1 atom stereocenters. The molecule has 1 aromatic carbocycles. The number of rotatable bonds is 2. The zero-order chi connectivity index (χ0) is 15.0. The highest BCUT2D eigenvalue weighted by atomic mass is 35.5. The predicted octanol–water partition coefficient (Wildman–Crippen LogP) is 2.77. The summed E-state index contributed by atoms with van der Waals surface area (Å²) in [5.41, 5.74) is 2.08. The largest absolute Gasteiger partial charge is 0.359 e. The third-order valence-electron chi connectivity index (χ3n) is 4.09. The van der Waals surface area contributed by atoms with Gasteiger partial charge >= 0.3 is 0 Å². The number of benzene rings is 1. The topological polar surface area (TPSA) is 45.2 Å². The molecule has 1 amide bonds. The Morgan fingerprint density at radius 1 is 1.43 bits per heavy atom. The van der Waals surface area contributed by atoms with E-state index < -0.39 is 0 Å². The number of pyridine rings is 1. The maximum Gasteiger partial charge on any atom is 0.224 e. The molecule has 2 aromatic rings. The molecule has 4 nitrogen and oxygen atoms in total. The van der Waals surface area contributed by atoms with Crippen LogP contribution >= 0.6 is 11.6 Å². The van der Waals surface area contributed by atoms with Crippen LogP contribution in [0.4, 0.5) is 5.82 Å². The molecular weight excluding hydrogens is 286 g/mol. The van der Waals surface area contributed by atoms with Crippen molar-refractivity contribution in [2.75, 3.05) is 25.0 Å². The molecule has 0 spiro atoms. The van der Waals surface area contributed by atoms with Gasteiger partial charge in [-0.25, -0.2) is 4.98 Å². The molecule has 1 aromatic heterocycles. The number of halogens is 1. The van der Waals surface area contributed by atoms with Gasteiger partial charge in [-0.05, 0) is 37.1 Å². The Balaban J connectivity index is 1.93. The number of hydrogen-bond donors (Lipinski definition) is 1. The van der Waals surface area contributed by atoms with Gasteiger partial charge in [0.25, 0.3) is 0 Å². The van der Waals surface area contributed by atoms with Crippen LogP contribution < -0.4 is 10.2 Å². The lowest BCUT2D eigenvalue weighted by Gasteiger charge is -2.18. The monoisotopic (exact) mass is 303 g/mol. The number of carbonyl (C=O) groups is 1. The molecule has 1 N–H and O–H groups in total. The van der Waals surface area contributed by atoms with E-state index in [9.17, 15) is 4.79 Å². The Labute approximate surface area is 129 Å². The molecule has 3 rings (SSSR count). The van der Waals surface area contributed by atoms with Gasteiger partial charge in [0, 0.05) is 30.5 Å². The van der Waals surface area contributed by atoms with Gasteiger partial charge in [-0.15, -0.1) is 0 Å². The smallest absolute Gasteiger partial charge is 0.224 e. The van der Waals surface area contributed by atoms with Crippen molar-refractivity contribution in [3.8, 4) is 0 Å². The Morgan fingerprint density at radius 2 is 2.24 bits per heavy atom. The lowest BCUT2D eigenvalue weighted by atomic mass is 10.1. The van der Waals surface area contributed by atoms with Crippen LogP contribution in [0.1, 0.15) is 12.0 Å². The number of amides is 1. The predicted molar refractivity (Wildman–Crippen MR) is 85.9 cm³/mol. The second-order valence-electron chi connectivity index (χ2n) is 5.50. The molecule has 1 saturated heterocycles. The van der Waals surface area contributed by atoms with Gasteiger partial charge in [0.15, 0.2) is 0 Å². The molecule has 2 heterocycles. The first-order chi connectivity index (χ1) is 10.1. The van der Waals surface area contributed by atoms with Crippen LogP contribution in [0.3, 0.4) is 0 Å². The first kappa shape index (κ1) is 14.1. The SMILES string of the molecule is CNC(=O)C1CCN(c2cc(C)c3ccc(Cl)cc3n2)C1. The minimum Gasteiger partial charge on any atom is -0.359 e. The van der Waals surface area contributed by atoms with Crippen molar-refractivity contribution >= 4 is 34.2 Å². The molecule has 110 valence electrons. The maximum absolute atomic E-state index is 11.7. The summed E-state index contributed by atoms with van der Waals surface area (Å²) in [4.78, 5) is 18.6. The average molecular weight is 304 g/mol. The molecular formula is C16H18ClN3O. The standard InChI is InChI=1S/C16H18ClN3O/c1-10-7-15(19-14-8-12(17)3-4-13(10)14)20-6-5-11(9-20)16(21)18-2/h3-4,7-8,11H,5-6,9H2,1-2H3,(H,18,21). The highest BCUT2D eigenvalue weighted by molar-refractivity contribution is 6.31. The zero-order valence-electron chi connectivity index (χ0n) is 12.2. The summed E-state index contributed by atoms with van der Waals surface area (Å²) in [6, 6.07) is 7.86. The molecule has 0 radical (unpaired) electrons. The quantitative estimate of drug-likeness (QED) is 0.928. The van der Waals surface area contributed by atoms with Crippen molar-refractivity contribution in [3.63, 3.8) is 0 Å². The van der Waals surface area contributed by atoms with Crippen molar-refractivity contribution in [2.45, 2.75) is 13.3 Å². The van der Waals surface area contributed by atoms with Crippen molar-refractivity contribution in [3.05, 3.63) is 34.9 Å². The fourth-order valence-electron chi connectivity index (χ4n) is 2.91. The van der Waals surface area contributed by atoms with Gasteiger partial charge in [-0.3, -0.25) is 4.79 Å². The van der Waals surface area contributed by atoms with E-state index in [0.717, 1.165) is 36.2 Å². The molecule has 1 aliphatic heterocycles. The Kier molecular flexibility index (Phi) is 3.72. The van der Waals surface area contributed by atoms with Crippen LogP contribution in [-0.2, 0) is 4.79 Å². The van der Waals surface area contributed by atoms with E-state index in [1.165, 1.54) is 5.56 Å². The first-order valence-electron chi connectivity index (χ1n) is 7.12. The van der Waals surface area contributed by atoms with Crippen LogP contribution in [-0.4, -0.2) is 31.0 Å². The van der Waals surface area contributed by atoms with Crippen LogP contribution in [0.15, 0.2) is 24.3 Å². The Bertz CT molecular complexity index is 701. The summed E-state index contributed by atoms with van der Waals surface area (Å²) in [5.74, 6) is 1.08. The van der Waals surface area contributed by atoms with Crippen molar-refractivity contribution in [1.29, 1.82) is 0 Å². The third-order valence-corrected chi connectivity index (χ3v) is 4.33. The molecule has 1 fully saturated rings. The lowest BCUT2D eigenvalue weighted by Crippen LogP contribution is -2.30. The van der Waals surface area contributed by atoms with Gasteiger partial charge in [-0.1, -0.05) is 17.7 Å². The molecule has 5 heteroatoms. The van der Waals surface area contributed by atoms with E-state index in [1.807, 2.05) is 18.2 Å². The number of anilines is 1. The van der Waals surface area contributed by atoms with Crippen molar-refractivity contribution in [1.82, 2.24) is 10.3 Å². The van der Waals surface area contributed by atoms with Crippen LogP contribution in [0, 0.1) is 12.8 Å². The fraction of sp³-hybridized carbons (Fsp3) is 0.375. The molecule has 0 aliphatic carbocycles. The molecule has 0 saturated carbocycles. The number of aromatic nitrogens is 1. The van der Waals surface area contributed by atoms with E-state index in [-0.39, 0.29) is 11.8 Å². The second-order valence-corrected chi connectivity index (χ2v) is 5.94. The van der Waals surface area contributed by atoms with Crippen LogP contribution in [0.5, 0.6) is 0 Å². The fourth-order valence-corrected chi connectivity index (χ4v) is 3.07. The van der Waals surface area contributed by atoms with E-state index in [2.05, 4.69) is 23.2 Å². The number of nitrogens with zero attached hydrogens (tertiary/aromatic N) is 2. The van der Waals surface area contributed by atoms with Crippen molar-refractivity contribution in [2.24, 2.45) is 5.92 Å². The minimum atomic E-state index is 0.0483. The molecule has 0 bridgehead atoms. The van der Waals surface area contributed by atoms with Gasteiger partial charge in [0.1, 0.15) is 5.82 Å². The molecule has 1 aliphatic rings. The van der Waals surface area contributed by atoms with Gasteiger partial charge in [0.05, 0.1) is 11.4 Å². The first-order valence-corrected chi connectivity index (χ1v) is 7.49. The normalized spacial score (nSPS) is 18.2. The number of nitrogens with one attached hydrogen (secondary N) is 1. The summed E-state index contributed by atoms with van der Waals surface area (Å²) in [6.07, 6.45) is 0.869. The second kappa shape index (κ2) is 5.53. The summed E-state index contributed by atoms with van der Waals surface area (Å²) in [7, 11) is 1.69. The van der Waals surface area contributed by atoms with E-state index in [0.29, 0.717) is 5.02 Å². The lowest BCUT2D eigenvalue weighted by molar-refractivity contribution is -0.123. The average Bonchev–Trinajstić information content (AvgIpc) is 2.95. The molecule has 21 heavy (non-hydrogen) atoms. The van der Waals surface area contributed by atoms with Crippen LogP contribution in [0.25, 0.3) is 10.9 Å². The summed E-state index contributed by atoms with van der Waals surface area (Å²) in [6.45, 7) is 3.66. The van der Waals surface area contributed by atoms with E-state index in [4.69, 9.17) is 16.6 Å². The zero-order valence-corrected chi connectivity index (χ0v) is 12.9. The summed E-state index contributed by atoms with van der Waals surface area (Å²) >= 11 is 6.06. The maximum atomic E-state index is 11.7. The Morgan fingerprint density at radius 3 is 3.00 bits per heavy atom. The summed E-state index contributed by atoms with van der Waals surface area (Å²) < 4.78 is 0. The summed E-state index contributed by atoms with van der Waals surface area (Å²) in [5, 5.41) is 4.53. The molecule has 1 unspecified atom stereocenters. The number of hydrogen-bond acceptors (Lipinski definition) is 3. The van der Waals surface area contributed by atoms with Crippen molar-refractivity contribution < 1.29 is 4.79 Å². The Hall–Kier alpha value is -1.81. The number of fused-ring (bicyclic) bond motifs is 1. The van der Waals surface area contributed by atoms with Gasteiger partial charge < -0.3 is 10.2 Å². The number of aryl methyl sites for hydroxylation is 1. The van der Waals surface area contributed by atoms with Gasteiger partial charge in [-0.2, -0.15) is 0 Å². The van der Waals surface area contributed by atoms with E-state index in [1.54, 1.807) is 7.05 Å². The highest BCUT2D eigenvalue weighted by Crippen LogP contribution is 2.28. The number of carbonyl (C=O) groups excluding carboxylic acids is 1. The van der Waals surface area contributed by atoms with E-state index >= 15 is 0 Å². The van der Waals surface area contributed by atoms with Gasteiger partial charge in [0.2, 0.25) is 5.91 Å². The van der Waals surface area contributed by atoms with Crippen LogP contribution in [0.2, 0.25) is 5.02 Å². The third kappa shape index (κ3) is 2.68. The highest BCUT2D eigenvalue weighted by Gasteiger charge is 2.28. The minimum absolute atomic E-state index is 0.0483.